The number of para-hydroxylation sites is 1. The van der Waals surface area contributed by atoms with E-state index in [1.807, 2.05) is 24.3 Å². The summed E-state index contributed by atoms with van der Waals surface area (Å²) >= 11 is 0. The topological polar surface area (TPSA) is 57.8 Å². The Bertz CT molecular complexity index is 906. The molecule has 1 aliphatic heterocycles. The maximum Gasteiger partial charge on any atom is 0.252 e. The lowest BCUT2D eigenvalue weighted by molar-refractivity contribution is -0.114. The van der Waals surface area contributed by atoms with E-state index in [9.17, 15) is 4.79 Å². The number of hydrogen-bond acceptors (Lipinski definition) is 2. The number of nitrogens with one attached hydrogen (secondary N) is 2. The summed E-state index contributed by atoms with van der Waals surface area (Å²) in [4.78, 5) is 19.8. The SMILES string of the molecule is Cc1[nH]c2ccccc2c1C1=C(c2ccncc2)C(=O)NC1. The van der Waals surface area contributed by atoms with E-state index < -0.39 is 0 Å². The third-order valence-electron chi connectivity index (χ3n) is 4.12. The van der Waals surface area contributed by atoms with Gasteiger partial charge >= 0.3 is 0 Å². The van der Waals surface area contributed by atoms with Gasteiger partial charge < -0.3 is 10.3 Å². The van der Waals surface area contributed by atoms with Crippen LogP contribution in [-0.2, 0) is 4.79 Å². The molecule has 2 aromatic heterocycles. The van der Waals surface area contributed by atoms with Crippen LogP contribution < -0.4 is 5.32 Å². The summed E-state index contributed by atoms with van der Waals surface area (Å²) in [5.74, 6) is -0.0223. The smallest absolute Gasteiger partial charge is 0.252 e. The second-order valence-corrected chi connectivity index (χ2v) is 5.44. The molecule has 0 saturated carbocycles. The fourth-order valence-electron chi connectivity index (χ4n) is 3.19. The molecule has 0 saturated heterocycles. The number of fused-ring (bicyclic) bond motifs is 1. The second kappa shape index (κ2) is 4.84. The maximum absolute atomic E-state index is 12.3. The van der Waals surface area contributed by atoms with Gasteiger partial charge in [0.1, 0.15) is 0 Å². The van der Waals surface area contributed by atoms with Crippen LogP contribution in [0.1, 0.15) is 16.8 Å². The number of aromatic amines is 1. The Morgan fingerprint density at radius 3 is 2.68 bits per heavy atom. The zero-order valence-corrected chi connectivity index (χ0v) is 12.2. The molecule has 0 radical (unpaired) electrons. The van der Waals surface area contributed by atoms with Gasteiger partial charge in [-0.15, -0.1) is 0 Å². The summed E-state index contributed by atoms with van der Waals surface area (Å²) in [5.41, 5.74) is 6.00. The van der Waals surface area contributed by atoms with Crippen molar-refractivity contribution in [1.82, 2.24) is 15.3 Å². The van der Waals surface area contributed by atoms with Crippen LogP contribution in [0.3, 0.4) is 0 Å². The monoisotopic (exact) mass is 289 g/mol. The Morgan fingerprint density at radius 1 is 1.09 bits per heavy atom. The number of H-pyrrole nitrogens is 1. The van der Waals surface area contributed by atoms with Crippen molar-refractivity contribution in [2.24, 2.45) is 0 Å². The maximum atomic E-state index is 12.3. The molecule has 4 rings (SSSR count). The number of carbonyl (C=O) groups is 1. The third-order valence-corrected chi connectivity index (χ3v) is 4.12. The molecule has 0 fully saturated rings. The van der Waals surface area contributed by atoms with Gasteiger partial charge in [-0.1, -0.05) is 18.2 Å². The van der Waals surface area contributed by atoms with Gasteiger partial charge in [0.15, 0.2) is 0 Å². The number of aryl methyl sites for hydroxylation is 1. The van der Waals surface area contributed by atoms with E-state index in [-0.39, 0.29) is 5.91 Å². The lowest BCUT2D eigenvalue weighted by Gasteiger charge is -2.06. The quantitative estimate of drug-likeness (QED) is 0.762. The molecule has 0 spiro atoms. The molecule has 4 nitrogen and oxygen atoms in total. The van der Waals surface area contributed by atoms with Crippen LogP contribution in [0.25, 0.3) is 22.0 Å². The molecule has 108 valence electrons. The van der Waals surface area contributed by atoms with Gasteiger partial charge in [-0.2, -0.15) is 0 Å². The Hall–Kier alpha value is -2.88. The fraction of sp³-hybridized carbons (Fsp3) is 0.111. The van der Waals surface area contributed by atoms with E-state index in [2.05, 4.69) is 34.3 Å². The minimum atomic E-state index is -0.0223. The van der Waals surface area contributed by atoms with Crippen molar-refractivity contribution in [3.8, 4) is 0 Å². The zero-order valence-electron chi connectivity index (χ0n) is 12.2. The van der Waals surface area contributed by atoms with E-state index in [1.165, 1.54) is 0 Å². The van der Waals surface area contributed by atoms with Crippen LogP contribution in [0.4, 0.5) is 0 Å². The minimum Gasteiger partial charge on any atom is -0.358 e. The molecule has 0 bridgehead atoms. The molecule has 4 heteroatoms. The van der Waals surface area contributed by atoms with Crippen molar-refractivity contribution in [2.75, 3.05) is 6.54 Å². The van der Waals surface area contributed by atoms with Crippen molar-refractivity contribution >= 4 is 28.0 Å². The summed E-state index contributed by atoms with van der Waals surface area (Å²) in [5, 5.41) is 4.10. The highest BCUT2D eigenvalue weighted by Gasteiger charge is 2.27. The van der Waals surface area contributed by atoms with Crippen molar-refractivity contribution in [2.45, 2.75) is 6.92 Å². The van der Waals surface area contributed by atoms with Crippen LogP contribution in [-0.4, -0.2) is 22.4 Å². The molecule has 0 unspecified atom stereocenters. The molecule has 1 aliphatic rings. The van der Waals surface area contributed by atoms with Crippen LogP contribution >= 0.6 is 0 Å². The molecule has 0 aliphatic carbocycles. The average molecular weight is 289 g/mol. The second-order valence-electron chi connectivity index (χ2n) is 5.44. The molecule has 3 aromatic rings. The highest BCUT2D eigenvalue weighted by Crippen LogP contribution is 2.35. The predicted octanol–water partition coefficient (Wildman–Crippen LogP) is 2.91. The van der Waals surface area contributed by atoms with Crippen molar-refractivity contribution in [3.05, 3.63) is 65.6 Å². The molecule has 0 atom stereocenters. The molecule has 1 aromatic carbocycles. The zero-order chi connectivity index (χ0) is 15.1. The first-order valence-corrected chi connectivity index (χ1v) is 7.25. The van der Waals surface area contributed by atoms with E-state index in [0.717, 1.165) is 38.9 Å². The molecule has 3 heterocycles. The standard InChI is InChI=1S/C18H15N3O/c1-11-16(13-4-2-3-5-15(13)21-11)14-10-20-18(22)17(14)12-6-8-19-9-7-12/h2-9,21H,10H2,1H3,(H,20,22). The summed E-state index contributed by atoms with van der Waals surface area (Å²) in [6, 6.07) is 11.9. The summed E-state index contributed by atoms with van der Waals surface area (Å²) < 4.78 is 0. The van der Waals surface area contributed by atoms with Crippen molar-refractivity contribution < 1.29 is 4.79 Å². The van der Waals surface area contributed by atoms with E-state index in [1.54, 1.807) is 12.4 Å². The highest BCUT2D eigenvalue weighted by atomic mass is 16.1. The van der Waals surface area contributed by atoms with Gasteiger partial charge in [-0.3, -0.25) is 9.78 Å². The first-order chi connectivity index (χ1) is 10.8. The van der Waals surface area contributed by atoms with Crippen LogP contribution in [0.2, 0.25) is 0 Å². The Morgan fingerprint density at radius 2 is 1.86 bits per heavy atom. The highest BCUT2D eigenvalue weighted by molar-refractivity contribution is 6.31. The largest absolute Gasteiger partial charge is 0.358 e. The third kappa shape index (κ3) is 1.84. The van der Waals surface area contributed by atoms with Gasteiger partial charge in [-0.25, -0.2) is 0 Å². The number of aromatic nitrogens is 2. The van der Waals surface area contributed by atoms with Crippen LogP contribution in [0.5, 0.6) is 0 Å². The first-order valence-electron chi connectivity index (χ1n) is 7.25. The van der Waals surface area contributed by atoms with Gasteiger partial charge in [0, 0.05) is 41.1 Å². The Labute approximate surface area is 127 Å². The summed E-state index contributed by atoms with van der Waals surface area (Å²) in [6.45, 7) is 2.61. The summed E-state index contributed by atoms with van der Waals surface area (Å²) in [6.07, 6.45) is 3.43. The van der Waals surface area contributed by atoms with Gasteiger partial charge in [0.25, 0.3) is 5.91 Å². The van der Waals surface area contributed by atoms with E-state index >= 15 is 0 Å². The van der Waals surface area contributed by atoms with Crippen molar-refractivity contribution in [3.63, 3.8) is 0 Å². The minimum absolute atomic E-state index is 0.0223. The fourth-order valence-corrected chi connectivity index (χ4v) is 3.19. The van der Waals surface area contributed by atoms with E-state index in [0.29, 0.717) is 6.54 Å². The molecule has 1 amide bonds. The average Bonchev–Trinajstić information content (AvgIpc) is 3.07. The predicted molar refractivity (Wildman–Crippen MR) is 87.1 cm³/mol. The number of carbonyl (C=O) groups excluding carboxylic acids is 1. The summed E-state index contributed by atoms with van der Waals surface area (Å²) in [7, 11) is 0. The van der Waals surface area contributed by atoms with E-state index in [4.69, 9.17) is 0 Å². The number of pyridine rings is 1. The lowest BCUT2D eigenvalue weighted by atomic mass is 9.95. The number of benzene rings is 1. The molecular weight excluding hydrogens is 274 g/mol. The van der Waals surface area contributed by atoms with Crippen molar-refractivity contribution in [1.29, 1.82) is 0 Å². The van der Waals surface area contributed by atoms with Gasteiger partial charge in [0.2, 0.25) is 0 Å². The number of amides is 1. The van der Waals surface area contributed by atoms with Gasteiger partial charge in [0.05, 0.1) is 5.57 Å². The Kier molecular flexibility index (Phi) is 2.82. The number of hydrogen-bond donors (Lipinski definition) is 2. The first kappa shape index (κ1) is 12.8. The number of rotatable bonds is 2. The molecule has 22 heavy (non-hydrogen) atoms. The normalized spacial score (nSPS) is 14.7. The number of nitrogens with zero attached hydrogens (tertiary/aromatic N) is 1. The van der Waals surface area contributed by atoms with Crippen LogP contribution in [0, 0.1) is 6.92 Å². The Balaban J connectivity index is 2.02. The van der Waals surface area contributed by atoms with Crippen LogP contribution in [0.15, 0.2) is 48.8 Å². The lowest BCUT2D eigenvalue weighted by Crippen LogP contribution is -2.17. The molecule has 2 N–H and O–H groups in total. The molecular formula is C18H15N3O. The van der Waals surface area contributed by atoms with Gasteiger partial charge in [-0.05, 0) is 36.3 Å².